The highest BCUT2D eigenvalue weighted by atomic mass is 32.1. The van der Waals surface area contributed by atoms with Crippen LogP contribution in [0.15, 0.2) is 17.4 Å². The van der Waals surface area contributed by atoms with E-state index in [0.29, 0.717) is 22.5 Å². The molecule has 0 bridgehead atoms. The van der Waals surface area contributed by atoms with Crippen LogP contribution in [0.1, 0.15) is 25.3 Å². The van der Waals surface area contributed by atoms with Gasteiger partial charge in [-0.15, -0.1) is 0 Å². The number of imidazole rings is 1. The first-order chi connectivity index (χ1) is 7.75. The van der Waals surface area contributed by atoms with Crippen molar-refractivity contribution in [2.75, 3.05) is 0 Å². The number of nitrogens with zero attached hydrogens (tertiary/aromatic N) is 3. The van der Waals surface area contributed by atoms with E-state index in [1.165, 1.54) is 6.33 Å². The molecule has 2 aromatic heterocycles. The Morgan fingerprint density at radius 1 is 1.44 bits per heavy atom. The van der Waals surface area contributed by atoms with Gasteiger partial charge in [-0.05, 0) is 19.3 Å². The molecule has 0 aromatic carbocycles. The quantitative estimate of drug-likeness (QED) is 0.730. The van der Waals surface area contributed by atoms with Crippen molar-refractivity contribution in [3.05, 3.63) is 23.0 Å². The Bertz CT molecular complexity index is 575. The van der Waals surface area contributed by atoms with E-state index in [9.17, 15) is 4.79 Å². The zero-order valence-corrected chi connectivity index (χ0v) is 9.52. The summed E-state index contributed by atoms with van der Waals surface area (Å²) in [7, 11) is 0. The van der Waals surface area contributed by atoms with Crippen molar-refractivity contribution in [1.82, 2.24) is 19.5 Å². The summed E-state index contributed by atoms with van der Waals surface area (Å²) in [5, 5.41) is 0.449. The second kappa shape index (κ2) is 3.62. The van der Waals surface area contributed by atoms with Crippen molar-refractivity contribution in [3.63, 3.8) is 0 Å². The number of aromatic nitrogens is 4. The molecule has 0 amide bonds. The Hall–Kier alpha value is -1.30. The van der Waals surface area contributed by atoms with E-state index < -0.39 is 0 Å². The maximum atomic E-state index is 11.5. The maximum absolute atomic E-state index is 11.5. The van der Waals surface area contributed by atoms with Gasteiger partial charge in [-0.1, -0.05) is 0 Å². The van der Waals surface area contributed by atoms with Gasteiger partial charge in [0.2, 0.25) is 0 Å². The molecule has 0 unspecified atom stereocenters. The average molecular weight is 236 g/mol. The van der Waals surface area contributed by atoms with Gasteiger partial charge in [-0.25, -0.2) is 9.97 Å². The molecular formula is C10H12N4OS. The Morgan fingerprint density at radius 3 is 3.06 bits per heavy atom. The SMILES string of the molecule is O=c1[nH]cnc2c1ncn2[C@@H]1CC[C@@H](S)C1. The van der Waals surface area contributed by atoms with Crippen LogP contribution in [0.5, 0.6) is 0 Å². The normalized spacial score (nSPS) is 25.3. The zero-order chi connectivity index (χ0) is 11.1. The second-order valence-corrected chi connectivity index (χ2v) is 4.91. The van der Waals surface area contributed by atoms with Gasteiger partial charge in [0.15, 0.2) is 11.2 Å². The molecule has 1 aliphatic rings. The fourth-order valence-electron chi connectivity index (χ4n) is 2.32. The van der Waals surface area contributed by atoms with E-state index in [4.69, 9.17) is 0 Å². The highest BCUT2D eigenvalue weighted by Crippen LogP contribution is 2.33. The largest absolute Gasteiger partial charge is 0.312 e. The highest BCUT2D eigenvalue weighted by molar-refractivity contribution is 7.80. The number of H-pyrrole nitrogens is 1. The number of thiol groups is 1. The van der Waals surface area contributed by atoms with Crippen molar-refractivity contribution in [1.29, 1.82) is 0 Å². The minimum Gasteiger partial charge on any atom is -0.312 e. The van der Waals surface area contributed by atoms with Crippen molar-refractivity contribution in [3.8, 4) is 0 Å². The van der Waals surface area contributed by atoms with E-state index in [1.54, 1.807) is 6.33 Å². The minimum atomic E-state index is -0.177. The molecule has 1 N–H and O–H groups in total. The highest BCUT2D eigenvalue weighted by Gasteiger charge is 2.25. The summed E-state index contributed by atoms with van der Waals surface area (Å²) in [4.78, 5) is 22.3. The third-order valence-electron chi connectivity index (χ3n) is 3.14. The molecule has 3 rings (SSSR count). The molecule has 1 aliphatic carbocycles. The lowest BCUT2D eigenvalue weighted by Gasteiger charge is -2.11. The van der Waals surface area contributed by atoms with Crippen LogP contribution in [0, 0.1) is 0 Å². The summed E-state index contributed by atoms with van der Waals surface area (Å²) in [5.74, 6) is 0. The van der Waals surface area contributed by atoms with E-state index in [2.05, 4.69) is 27.6 Å². The number of hydrogen-bond donors (Lipinski definition) is 2. The molecule has 84 valence electrons. The standard InChI is InChI=1S/C10H12N4OS/c15-10-8-9(11-4-12-10)14(5-13-8)6-1-2-7(16)3-6/h4-7,16H,1-3H2,(H,11,12,15)/t6-,7-/m1/s1. The van der Waals surface area contributed by atoms with Crippen LogP contribution in [0.25, 0.3) is 11.2 Å². The number of hydrogen-bond acceptors (Lipinski definition) is 4. The Labute approximate surface area is 97.3 Å². The molecule has 2 aromatic rings. The molecule has 6 heteroatoms. The monoisotopic (exact) mass is 236 g/mol. The zero-order valence-electron chi connectivity index (χ0n) is 8.63. The first kappa shape index (κ1) is 9.89. The van der Waals surface area contributed by atoms with Gasteiger partial charge in [-0.3, -0.25) is 4.79 Å². The molecule has 5 nitrogen and oxygen atoms in total. The molecule has 0 radical (unpaired) electrons. The van der Waals surface area contributed by atoms with Crippen molar-refractivity contribution < 1.29 is 0 Å². The number of fused-ring (bicyclic) bond motifs is 1. The number of nitrogens with one attached hydrogen (secondary N) is 1. The summed E-state index contributed by atoms with van der Waals surface area (Å²) in [6.07, 6.45) is 6.34. The minimum absolute atomic E-state index is 0.177. The van der Waals surface area contributed by atoms with E-state index in [1.807, 2.05) is 4.57 Å². The van der Waals surface area contributed by atoms with Gasteiger partial charge in [-0.2, -0.15) is 12.6 Å². The van der Waals surface area contributed by atoms with Crippen LogP contribution in [-0.4, -0.2) is 24.8 Å². The Morgan fingerprint density at radius 2 is 2.31 bits per heavy atom. The van der Waals surface area contributed by atoms with Crippen LogP contribution < -0.4 is 5.56 Å². The Kier molecular flexibility index (Phi) is 2.24. The van der Waals surface area contributed by atoms with Gasteiger partial charge in [0, 0.05) is 11.3 Å². The summed E-state index contributed by atoms with van der Waals surface area (Å²) >= 11 is 4.48. The summed E-state index contributed by atoms with van der Waals surface area (Å²) in [6.45, 7) is 0. The average Bonchev–Trinajstić information content (AvgIpc) is 2.84. The predicted octanol–water partition coefficient (Wildman–Crippen LogP) is 1.14. The predicted molar refractivity (Wildman–Crippen MR) is 63.8 cm³/mol. The van der Waals surface area contributed by atoms with Crippen molar-refractivity contribution >= 4 is 23.8 Å². The lowest BCUT2D eigenvalue weighted by atomic mass is 10.2. The molecule has 1 saturated carbocycles. The first-order valence-electron chi connectivity index (χ1n) is 5.34. The smallest absolute Gasteiger partial charge is 0.278 e. The van der Waals surface area contributed by atoms with Crippen molar-refractivity contribution in [2.24, 2.45) is 0 Å². The number of rotatable bonds is 1. The van der Waals surface area contributed by atoms with Crippen LogP contribution >= 0.6 is 12.6 Å². The van der Waals surface area contributed by atoms with Gasteiger partial charge < -0.3 is 9.55 Å². The fraction of sp³-hybridized carbons (Fsp3) is 0.500. The molecule has 0 spiro atoms. The lowest BCUT2D eigenvalue weighted by molar-refractivity contribution is 0.530. The molecule has 2 heterocycles. The maximum Gasteiger partial charge on any atom is 0.278 e. The summed E-state index contributed by atoms with van der Waals surface area (Å²) < 4.78 is 2.00. The van der Waals surface area contributed by atoms with Crippen LogP contribution in [-0.2, 0) is 0 Å². The molecular weight excluding hydrogens is 224 g/mol. The van der Waals surface area contributed by atoms with Gasteiger partial charge >= 0.3 is 0 Å². The summed E-state index contributed by atoms with van der Waals surface area (Å²) in [5.41, 5.74) is 0.922. The van der Waals surface area contributed by atoms with Gasteiger partial charge in [0.05, 0.1) is 12.7 Å². The number of aromatic amines is 1. The van der Waals surface area contributed by atoms with Crippen LogP contribution in [0.4, 0.5) is 0 Å². The molecule has 0 aliphatic heterocycles. The van der Waals surface area contributed by atoms with E-state index in [-0.39, 0.29) is 5.56 Å². The third kappa shape index (κ3) is 1.44. The fourth-order valence-corrected chi connectivity index (χ4v) is 2.71. The second-order valence-electron chi connectivity index (χ2n) is 4.18. The lowest BCUT2D eigenvalue weighted by Crippen LogP contribution is -2.09. The van der Waals surface area contributed by atoms with E-state index >= 15 is 0 Å². The molecule has 1 fully saturated rings. The molecule has 16 heavy (non-hydrogen) atoms. The third-order valence-corrected chi connectivity index (χ3v) is 3.60. The van der Waals surface area contributed by atoms with Gasteiger partial charge in [0.1, 0.15) is 0 Å². The first-order valence-corrected chi connectivity index (χ1v) is 5.85. The van der Waals surface area contributed by atoms with Crippen LogP contribution in [0.2, 0.25) is 0 Å². The summed E-state index contributed by atoms with van der Waals surface area (Å²) in [6, 6.07) is 0.377. The van der Waals surface area contributed by atoms with Crippen LogP contribution in [0.3, 0.4) is 0 Å². The van der Waals surface area contributed by atoms with Crippen molar-refractivity contribution in [2.45, 2.75) is 30.6 Å². The topological polar surface area (TPSA) is 63.6 Å². The molecule has 0 saturated heterocycles. The molecule has 2 atom stereocenters. The Balaban J connectivity index is 2.11. The van der Waals surface area contributed by atoms with Gasteiger partial charge in [0.25, 0.3) is 5.56 Å². The van der Waals surface area contributed by atoms with E-state index in [0.717, 1.165) is 19.3 Å².